The highest BCUT2D eigenvalue weighted by Crippen LogP contribution is 2.32. The molecule has 0 spiro atoms. The van der Waals surface area contributed by atoms with Crippen LogP contribution >= 0.6 is 0 Å². The summed E-state index contributed by atoms with van der Waals surface area (Å²) >= 11 is 0. The van der Waals surface area contributed by atoms with Gasteiger partial charge in [0.1, 0.15) is 5.69 Å². The molecule has 7 rings (SSSR count). The quantitative estimate of drug-likeness (QED) is 0.239. The van der Waals surface area contributed by atoms with Crippen LogP contribution in [0.15, 0.2) is 73.3 Å². The van der Waals surface area contributed by atoms with E-state index in [0.29, 0.717) is 29.5 Å². The zero-order valence-corrected chi connectivity index (χ0v) is 21.7. The van der Waals surface area contributed by atoms with Gasteiger partial charge in [-0.25, -0.2) is 4.98 Å². The molecule has 1 aromatic carbocycles. The van der Waals surface area contributed by atoms with Crippen molar-refractivity contribution in [3.05, 3.63) is 73.3 Å². The zero-order valence-electron chi connectivity index (χ0n) is 21.7. The SMILES string of the molecule is O=C(CC1CCNCC1)Nc1cncc(-c2cc3c(-c4nc5c(-c6ccccn6)cccc5[nH]4)n[nH]c3cn2)c1. The van der Waals surface area contributed by atoms with Crippen molar-refractivity contribution >= 4 is 33.5 Å². The van der Waals surface area contributed by atoms with Gasteiger partial charge in [-0.2, -0.15) is 5.10 Å². The van der Waals surface area contributed by atoms with Crippen LogP contribution in [0.5, 0.6) is 0 Å². The Morgan fingerprint density at radius 3 is 2.75 bits per heavy atom. The van der Waals surface area contributed by atoms with Crippen molar-refractivity contribution in [3.8, 4) is 34.0 Å². The molecule has 1 amide bonds. The summed E-state index contributed by atoms with van der Waals surface area (Å²) in [5.41, 5.74) is 7.22. The fourth-order valence-electron chi connectivity index (χ4n) is 5.34. The van der Waals surface area contributed by atoms with Gasteiger partial charge in [-0.05, 0) is 62.2 Å². The van der Waals surface area contributed by atoms with Crippen LogP contribution in [-0.2, 0) is 4.79 Å². The van der Waals surface area contributed by atoms with E-state index in [9.17, 15) is 4.79 Å². The van der Waals surface area contributed by atoms with Crippen LogP contribution in [0, 0.1) is 5.92 Å². The summed E-state index contributed by atoms with van der Waals surface area (Å²) in [5.74, 6) is 1.08. The topological polar surface area (TPSA) is 137 Å². The highest BCUT2D eigenvalue weighted by molar-refractivity contribution is 5.97. The lowest BCUT2D eigenvalue weighted by Gasteiger charge is -2.21. The van der Waals surface area contributed by atoms with E-state index in [-0.39, 0.29) is 5.91 Å². The van der Waals surface area contributed by atoms with Crippen LogP contribution in [-0.4, -0.2) is 54.1 Å². The van der Waals surface area contributed by atoms with Crippen molar-refractivity contribution in [3.63, 3.8) is 0 Å². The summed E-state index contributed by atoms with van der Waals surface area (Å²) in [4.78, 5) is 34.5. The van der Waals surface area contributed by atoms with Crippen LogP contribution in [0.25, 0.3) is 56.0 Å². The third-order valence-corrected chi connectivity index (χ3v) is 7.38. The number of nitrogens with zero attached hydrogens (tertiary/aromatic N) is 5. The van der Waals surface area contributed by atoms with Crippen LogP contribution in [0.2, 0.25) is 0 Å². The second kappa shape index (κ2) is 10.3. The minimum atomic E-state index is 0.0151. The molecular weight excluding hydrogens is 502 g/mol. The van der Waals surface area contributed by atoms with Crippen molar-refractivity contribution in [2.45, 2.75) is 19.3 Å². The number of benzene rings is 1. The van der Waals surface area contributed by atoms with Gasteiger partial charge in [0, 0.05) is 35.3 Å². The van der Waals surface area contributed by atoms with Gasteiger partial charge in [-0.1, -0.05) is 18.2 Å². The number of hydrogen-bond donors (Lipinski definition) is 4. The van der Waals surface area contributed by atoms with Crippen molar-refractivity contribution in [1.82, 2.24) is 40.4 Å². The summed E-state index contributed by atoms with van der Waals surface area (Å²) in [6.07, 6.45) is 9.52. The van der Waals surface area contributed by atoms with E-state index in [1.807, 2.05) is 48.5 Å². The Hall–Kier alpha value is -4.96. The Morgan fingerprint density at radius 2 is 1.88 bits per heavy atom. The van der Waals surface area contributed by atoms with Gasteiger partial charge in [-0.15, -0.1) is 0 Å². The molecule has 6 aromatic rings. The maximum atomic E-state index is 12.7. The summed E-state index contributed by atoms with van der Waals surface area (Å²) in [7, 11) is 0. The number of carbonyl (C=O) groups is 1. The molecule has 40 heavy (non-hydrogen) atoms. The number of aromatic amines is 2. The number of para-hydroxylation sites is 1. The van der Waals surface area contributed by atoms with Gasteiger partial charge < -0.3 is 15.6 Å². The van der Waals surface area contributed by atoms with E-state index >= 15 is 0 Å². The number of H-pyrrole nitrogens is 2. The normalized spacial score (nSPS) is 14.1. The Morgan fingerprint density at radius 1 is 0.950 bits per heavy atom. The second-order valence-electron chi connectivity index (χ2n) is 10.1. The minimum Gasteiger partial charge on any atom is -0.337 e. The number of piperidine rings is 1. The Labute approximate surface area is 229 Å². The third kappa shape index (κ3) is 4.69. The highest BCUT2D eigenvalue weighted by atomic mass is 16.1. The summed E-state index contributed by atoms with van der Waals surface area (Å²) in [5, 5.41) is 14.9. The van der Waals surface area contributed by atoms with Crippen LogP contribution in [0.1, 0.15) is 19.3 Å². The molecule has 0 saturated carbocycles. The molecule has 0 aliphatic carbocycles. The molecule has 0 atom stereocenters. The first-order valence-electron chi connectivity index (χ1n) is 13.4. The molecule has 1 aliphatic heterocycles. The first kappa shape index (κ1) is 24.1. The number of pyridine rings is 3. The fourth-order valence-corrected chi connectivity index (χ4v) is 5.34. The minimum absolute atomic E-state index is 0.0151. The Balaban J connectivity index is 1.19. The van der Waals surface area contributed by atoms with Gasteiger partial charge >= 0.3 is 0 Å². The van der Waals surface area contributed by atoms with Crippen LogP contribution in [0.4, 0.5) is 5.69 Å². The average Bonchev–Trinajstić information content (AvgIpc) is 3.62. The number of nitrogens with one attached hydrogen (secondary N) is 4. The maximum Gasteiger partial charge on any atom is 0.224 e. The third-order valence-electron chi connectivity index (χ3n) is 7.38. The molecular formula is C30H27N9O. The zero-order chi connectivity index (χ0) is 26.9. The van der Waals surface area contributed by atoms with Gasteiger partial charge in [0.25, 0.3) is 0 Å². The lowest BCUT2D eigenvalue weighted by molar-refractivity contribution is -0.117. The van der Waals surface area contributed by atoms with Crippen molar-refractivity contribution < 1.29 is 4.79 Å². The molecule has 5 aromatic heterocycles. The molecule has 0 radical (unpaired) electrons. The summed E-state index contributed by atoms with van der Waals surface area (Å²) in [6, 6.07) is 15.7. The summed E-state index contributed by atoms with van der Waals surface area (Å²) in [6.45, 7) is 1.94. The van der Waals surface area contributed by atoms with Crippen molar-refractivity contribution in [2.24, 2.45) is 5.92 Å². The number of carbonyl (C=O) groups excluding carboxylic acids is 1. The molecule has 198 valence electrons. The monoisotopic (exact) mass is 529 g/mol. The van der Waals surface area contributed by atoms with Gasteiger partial charge in [0.2, 0.25) is 5.91 Å². The first-order valence-corrected chi connectivity index (χ1v) is 13.4. The predicted molar refractivity (Wildman–Crippen MR) is 154 cm³/mol. The first-order chi connectivity index (χ1) is 19.7. The largest absolute Gasteiger partial charge is 0.337 e. The van der Waals surface area contributed by atoms with E-state index < -0.39 is 0 Å². The van der Waals surface area contributed by atoms with Crippen LogP contribution in [0.3, 0.4) is 0 Å². The van der Waals surface area contributed by atoms with E-state index in [0.717, 1.165) is 70.4 Å². The molecule has 0 unspecified atom stereocenters. The van der Waals surface area contributed by atoms with Crippen molar-refractivity contribution in [2.75, 3.05) is 18.4 Å². The molecule has 1 aliphatic rings. The predicted octanol–water partition coefficient (Wildman–Crippen LogP) is 4.95. The van der Waals surface area contributed by atoms with E-state index in [4.69, 9.17) is 4.98 Å². The molecule has 1 saturated heterocycles. The summed E-state index contributed by atoms with van der Waals surface area (Å²) < 4.78 is 0. The molecule has 4 N–H and O–H groups in total. The van der Waals surface area contributed by atoms with E-state index in [1.54, 1.807) is 24.8 Å². The average molecular weight is 530 g/mol. The Bertz CT molecular complexity index is 1820. The number of fused-ring (bicyclic) bond motifs is 2. The molecule has 10 heteroatoms. The lowest BCUT2D eigenvalue weighted by atomic mass is 9.94. The molecule has 0 bridgehead atoms. The lowest BCUT2D eigenvalue weighted by Crippen LogP contribution is -2.30. The molecule has 6 heterocycles. The Kier molecular flexibility index (Phi) is 6.21. The highest BCUT2D eigenvalue weighted by Gasteiger charge is 2.18. The van der Waals surface area contributed by atoms with Crippen molar-refractivity contribution in [1.29, 1.82) is 0 Å². The number of anilines is 1. The maximum absolute atomic E-state index is 12.7. The number of amides is 1. The molecule has 1 fully saturated rings. The number of rotatable bonds is 6. The van der Waals surface area contributed by atoms with Gasteiger partial charge in [0.05, 0.1) is 46.0 Å². The van der Waals surface area contributed by atoms with Gasteiger partial charge in [0.15, 0.2) is 5.82 Å². The molecule has 10 nitrogen and oxygen atoms in total. The second-order valence-corrected chi connectivity index (χ2v) is 10.1. The van der Waals surface area contributed by atoms with Gasteiger partial charge in [-0.3, -0.25) is 24.8 Å². The number of aromatic nitrogens is 7. The van der Waals surface area contributed by atoms with E-state index in [2.05, 4.69) is 40.8 Å². The van der Waals surface area contributed by atoms with E-state index in [1.165, 1.54) is 0 Å². The number of hydrogen-bond acceptors (Lipinski definition) is 7. The van der Waals surface area contributed by atoms with Crippen LogP contribution < -0.4 is 10.6 Å². The standard InChI is InChI=1S/C30H27N9O/c40-27(12-18-7-10-31-11-8-18)35-20-13-19(15-32-16-20)25-14-22-26(17-34-25)38-39-29(22)30-36-24-6-3-4-21(28(24)37-30)23-5-1-2-9-33-23/h1-6,9,13-18,31H,7-8,10-12H2,(H,35,40)(H,36,37)(H,38,39). The fraction of sp³-hybridized carbons (Fsp3) is 0.200. The smallest absolute Gasteiger partial charge is 0.224 e. The number of imidazole rings is 1.